The third-order valence-corrected chi connectivity index (χ3v) is 6.76. The van der Waals surface area contributed by atoms with Crippen LogP contribution in [0, 0.1) is 0 Å². The molecule has 31 heavy (non-hydrogen) atoms. The van der Waals surface area contributed by atoms with Gasteiger partial charge in [-0.2, -0.15) is 0 Å². The van der Waals surface area contributed by atoms with Crippen molar-refractivity contribution in [1.82, 2.24) is 0 Å². The molecule has 2 aromatic rings. The summed E-state index contributed by atoms with van der Waals surface area (Å²) in [6, 6.07) is 10.8. The van der Waals surface area contributed by atoms with E-state index in [0.29, 0.717) is 5.02 Å². The summed E-state index contributed by atoms with van der Waals surface area (Å²) in [5.41, 5.74) is -1.18. The van der Waals surface area contributed by atoms with Crippen LogP contribution in [0.4, 0.5) is 0 Å². The number of sulfone groups is 1. The van der Waals surface area contributed by atoms with E-state index in [1.165, 1.54) is 24.3 Å². The molecule has 0 radical (unpaired) electrons. The third-order valence-electron chi connectivity index (χ3n) is 5.00. The first-order chi connectivity index (χ1) is 14.4. The second kappa shape index (κ2) is 8.30. The Hall–Kier alpha value is -2.35. The Bertz CT molecular complexity index is 1130. The smallest absolute Gasteiger partial charge is 0.343 e. The summed E-state index contributed by atoms with van der Waals surface area (Å²) in [4.78, 5) is 12.8. The molecule has 1 aliphatic heterocycles. The minimum absolute atomic E-state index is 0.0153. The highest BCUT2D eigenvalue weighted by molar-refractivity contribution is 7.94. The molecule has 1 N–H and O–H groups in total. The molecule has 0 saturated carbocycles. The molecule has 0 saturated heterocycles. The van der Waals surface area contributed by atoms with Crippen LogP contribution in [0.2, 0.25) is 5.02 Å². The van der Waals surface area contributed by atoms with Crippen molar-refractivity contribution >= 4 is 27.4 Å². The second-order valence-corrected chi connectivity index (χ2v) is 10.6. The Morgan fingerprint density at radius 2 is 1.87 bits per heavy atom. The fourth-order valence-electron chi connectivity index (χ4n) is 3.30. The van der Waals surface area contributed by atoms with E-state index in [1.54, 1.807) is 19.1 Å². The normalized spacial score (nSPS) is 20.1. The number of halogens is 1. The predicted octanol–water partition coefficient (Wildman–Crippen LogP) is 4.49. The number of fused-ring (bicyclic) bond motifs is 1. The average molecular weight is 465 g/mol. The average Bonchev–Trinajstić information content (AvgIpc) is 2.67. The van der Waals surface area contributed by atoms with Gasteiger partial charge in [-0.05, 0) is 54.3 Å². The number of aliphatic hydroxyl groups is 1. The highest BCUT2D eigenvalue weighted by Crippen LogP contribution is 2.44. The number of esters is 1. The monoisotopic (exact) mass is 464 g/mol. The largest absolute Gasteiger partial charge is 0.464 e. The molecule has 1 aliphatic rings. The van der Waals surface area contributed by atoms with E-state index in [9.17, 15) is 18.3 Å². The summed E-state index contributed by atoms with van der Waals surface area (Å²) in [5, 5.41) is 12.7. The van der Waals surface area contributed by atoms with Crippen LogP contribution in [0.3, 0.4) is 0 Å². The summed E-state index contributed by atoms with van der Waals surface area (Å²) in [6.07, 6.45) is -0.376. The highest BCUT2D eigenvalue weighted by Gasteiger charge is 2.47. The molecule has 0 spiro atoms. The summed E-state index contributed by atoms with van der Waals surface area (Å²) in [7, 11) is -3.91. The number of hydrogen-bond acceptors (Lipinski definition) is 6. The summed E-state index contributed by atoms with van der Waals surface area (Å²) in [5.74, 6) is -0.728. The molecule has 2 aromatic carbocycles. The fraction of sp³-hybridized carbons (Fsp3) is 0.348. The van der Waals surface area contributed by atoms with Gasteiger partial charge in [0.15, 0.2) is 5.60 Å². The molecule has 8 heteroatoms. The number of benzene rings is 2. The van der Waals surface area contributed by atoms with Crippen LogP contribution in [0.1, 0.15) is 45.2 Å². The molecular formula is C23H25ClO6S. The zero-order valence-corrected chi connectivity index (χ0v) is 19.4. The van der Waals surface area contributed by atoms with E-state index in [4.69, 9.17) is 21.1 Å². The standard InChI is InChI=1S/C23H25ClO6S/c1-5-29-21(25)23(26)13-17(14-31(27,28)18-9-7-16(24)8-10-18)30-20-11-6-15(12-19(20)23)22(2,3)4/h6-12,14,26H,5,13H2,1-4H3/b17-14-. The van der Waals surface area contributed by atoms with Crippen LogP contribution in [-0.2, 0) is 30.4 Å². The van der Waals surface area contributed by atoms with E-state index in [2.05, 4.69) is 0 Å². The first kappa shape index (κ1) is 23.3. The van der Waals surface area contributed by atoms with Crippen LogP contribution in [-0.4, -0.2) is 26.1 Å². The van der Waals surface area contributed by atoms with Gasteiger partial charge in [-0.15, -0.1) is 0 Å². The molecule has 0 fully saturated rings. The van der Waals surface area contributed by atoms with Gasteiger partial charge in [0.25, 0.3) is 0 Å². The van der Waals surface area contributed by atoms with Crippen molar-refractivity contribution in [2.45, 2.75) is 50.0 Å². The molecule has 0 bridgehead atoms. The van der Waals surface area contributed by atoms with Crippen LogP contribution >= 0.6 is 11.6 Å². The minimum Gasteiger partial charge on any atom is -0.464 e. The molecule has 0 aromatic heterocycles. The maximum Gasteiger partial charge on any atom is 0.343 e. The summed E-state index contributed by atoms with van der Waals surface area (Å²) in [6.45, 7) is 7.72. The fourth-order valence-corrected chi connectivity index (χ4v) is 4.55. The second-order valence-electron chi connectivity index (χ2n) is 8.40. The molecule has 0 aliphatic carbocycles. The topological polar surface area (TPSA) is 89.9 Å². The Kier molecular flexibility index (Phi) is 6.24. The van der Waals surface area contributed by atoms with Gasteiger partial charge < -0.3 is 14.6 Å². The van der Waals surface area contributed by atoms with Gasteiger partial charge in [0.1, 0.15) is 11.5 Å². The highest BCUT2D eigenvalue weighted by atomic mass is 35.5. The van der Waals surface area contributed by atoms with Gasteiger partial charge in [-0.3, -0.25) is 0 Å². The van der Waals surface area contributed by atoms with Gasteiger partial charge >= 0.3 is 5.97 Å². The Morgan fingerprint density at radius 1 is 1.23 bits per heavy atom. The lowest BCUT2D eigenvalue weighted by Crippen LogP contribution is -2.41. The molecule has 1 heterocycles. The van der Waals surface area contributed by atoms with Crippen molar-refractivity contribution in [3.05, 3.63) is 69.8 Å². The molecule has 3 rings (SSSR count). The Balaban J connectivity index is 2.11. The SMILES string of the molecule is CCOC(=O)C1(O)C/C(=C/S(=O)(=O)c2ccc(Cl)cc2)Oc2ccc(C(C)(C)C)cc21. The number of ether oxygens (including phenoxy) is 2. The maximum atomic E-state index is 12.8. The van der Waals surface area contributed by atoms with E-state index >= 15 is 0 Å². The molecule has 1 unspecified atom stereocenters. The number of carbonyl (C=O) groups is 1. The zero-order valence-electron chi connectivity index (χ0n) is 17.8. The zero-order chi connectivity index (χ0) is 23.0. The molecule has 1 atom stereocenters. The van der Waals surface area contributed by atoms with Gasteiger partial charge in [-0.25, -0.2) is 13.2 Å². The molecule has 0 amide bonds. The van der Waals surface area contributed by atoms with Crippen molar-refractivity contribution in [1.29, 1.82) is 0 Å². The van der Waals surface area contributed by atoms with Gasteiger partial charge in [0.2, 0.25) is 9.84 Å². The van der Waals surface area contributed by atoms with Crippen molar-refractivity contribution in [2.24, 2.45) is 0 Å². The van der Waals surface area contributed by atoms with Crippen LogP contribution in [0.15, 0.2) is 58.5 Å². The quantitative estimate of drug-likeness (QED) is 0.670. The number of hydrogen-bond donors (Lipinski definition) is 1. The Labute approximate surface area is 187 Å². The Morgan fingerprint density at radius 3 is 2.45 bits per heavy atom. The molecular weight excluding hydrogens is 440 g/mol. The van der Waals surface area contributed by atoms with Crippen molar-refractivity contribution in [3.63, 3.8) is 0 Å². The van der Waals surface area contributed by atoms with E-state index < -0.39 is 21.4 Å². The van der Waals surface area contributed by atoms with E-state index in [1.807, 2.05) is 26.8 Å². The summed E-state index contributed by atoms with van der Waals surface area (Å²) < 4.78 is 36.5. The van der Waals surface area contributed by atoms with Crippen molar-refractivity contribution < 1.29 is 27.8 Å². The number of carbonyl (C=O) groups excluding carboxylic acids is 1. The van der Waals surface area contributed by atoms with Crippen molar-refractivity contribution in [2.75, 3.05) is 6.61 Å². The lowest BCUT2D eigenvalue weighted by atomic mass is 9.81. The lowest BCUT2D eigenvalue weighted by molar-refractivity contribution is -0.167. The van der Waals surface area contributed by atoms with E-state index in [-0.39, 0.29) is 40.4 Å². The van der Waals surface area contributed by atoms with Crippen LogP contribution < -0.4 is 4.74 Å². The minimum atomic E-state index is -3.91. The predicted molar refractivity (Wildman–Crippen MR) is 118 cm³/mol. The summed E-state index contributed by atoms with van der Waals surface area (Å²) >= 11 is 5.84. The van der Waals surface area contributed by atoms with Crippen LogP contribution in [0.25, 0.3) is 0 Å². The van der Waals surface area contributed by atoms with Crippen molar-refractivity contribution in [3.8, 4) is 5.75 Å². The maximum absolute atomic E-state index is 12.8. The molecule has 6 nitrogen and oxygen atoms in total. The lowest BCUT2D eigenvalue weighted by Gasteiger charge is -2.34. The van der Waals surface area contributed by atoms with Gasteiger partial charge in [-0.1, -0.05) is 38.4 Å². The first-order valence-electron chi connectivity index (χ1n) is 9.80. The van der Waals surface area contributed by atoms with E-state index in [0.717, 1.165) is 11.0 Å². The molecule has 166 valence electrons. The van der Waals surface area contributed by atoms with Crippen LogP contribution in [0.5, 0.6) is 5.75 Å². The van der Waals surface area contributed by atoms with Gasteiger partial charge in [0, 0.05) is 10.6 Å². The number of rotatable bonds is 4. The first-order valence-corrected chi connectivity index (χ1v) is 11.7. The third kappa shape index (κ3) is 4.79. The van der Waals surface area contributed by atoms with Gasteiger partial charge in [0.05, 0.1) is 23.3 Å².